The molecule has 5 nitrogen and oxygen atoms in total. The number of ether oxygens (including phenoxy) is 1. The Morgan fingerprint density at radius 3 is 1.88 bits per heavy atom. The van der Waals surface area contributed by atoms with Gasteiger partial charge in [-0.05, 0) is 31.2 Å². The number of carbonyl (C=O) groups excluding carboxylic acids is 3. The first-order valence-corrected chi connectivity index (χ1v) is 9.23. The third-order valence-electron chi connectivity index (χ3n) is 3.19. The van der Waals surface area contributed by atoms with E-state index in [1.54, 1.807) is 6.92 Å². The number of allylic oxidation sites excluding steroid dienone is 1. The topological polar surface area (TPSA) is 63.7 Å². The number of hydrogen-bond acceptors (Lipinski definition) is 6. The maximum absolute atomic E-state index is 12.8. The fourth-order valence-corrected chi connectivity index (χ4v) is 3.90. The minimum Gasteiger partial charge on any atom is -0.452 e. The second-order valence-electron chi connectivity index (χ2n) is 4.97. The molecule has 0 radical (unpaired) electrons. The van der Waals surface area contributed by atoms with Crippen molar-refractivity contribution in [2.75, 3.05) is 7.11 Å². The first-order chi connectivity index (χ1) is 12.6. The van der Waals surface area contributed by atoms with Crippen LogP contribution in [0, 0.1) is 0 Å². The Morgan fingerprint density at radius 2 is 1.42 bits per heavy atom. The largest absolute Gasteiger partial charge is 0.452 e. The Hall–Kier alpha value is -2.51. The van der Waals surface area contributed by atoms with Crippen LogP contribution in [-0.4, -0.2) is 30.4 Å². The van der Waals surface area contributed by atoms with E-state index in [9.17, 15) is 14.4 Å². The number of hydrogen-bond donors (Lipinski definition) is 0. The Bertz CT molecular complexity index is 807. The number of benzene rings is 2. The second kappa shape index (κ2) is 9.84. The summed E-state index contributed by atoms with van der Waals surface area (Å²) >= 11 is 2.59. The monoisotopic (exact) mass is 387 g/mol. The molecule has 0 fully saturated rings. The first-order valence-electron chi connectivity index (χ1n) is 7.60. The smallest absolute Gasteiger partial charge is 0.423 e. The first kappa shape index (κ1) is 19.8. The van der Waals surface area contributed by atoms with E-state index in [1.165, 1.54) is 23.5 Å². The standard InChI is InChI=1S/C19H17NO4S2/c1-14(25-15-9-5-3-6-10-15)17(26-16-11-7-4-8-12-16)18(22)20(13-21)19(23)24-2/h3-13H,1-2H3/b17-14-. The summed E-state index contributed by atoms with van der Waals surface area (Å²) in [6.45, 7) is 1.78. The lowest BCUT2D eigenvalue weighted by molar-refractivity contribution is -0.132. The Kier molecular flexibility index (Phi) is 7.50. The third kappa shape index (κ3) is 5.24. The van der Waals surface area contributed by atoms with Crippen LogP contribution in [0.3, 0.4) is 0 Å². The van der Waals surface area contributed by atoms with Crippen molar-refractivity contribution in [2.24, 2.45) is 0 Å². The number of carbonyl (C=O) groups is 3. The van der Waals surface area contributed by atoms with Crippen LogP contribution in [0.5, 0.6) is 0 Å². The highest BCUT2D eigenvalue weighted by Gasteiger charge is 2.27. The Labute approximate surface area is 160 Å². The van der Waals surface area contributed by atoms with Crippen LogP contribution in [0.4, 0.5) is 4.79 Å². The number of rotatable bonds is 6. The molecule has 2 aromatic carbocycles. The van der Waals surface area contributed by atoms with Gasteiger partial charge in [-0.25, -0.2) is 4.79 Å². The van der Waals surface area contributed by atoms with Crippen LogP contribution in [0.15, 0.2) is 80.3 Å². The zero-order chi connectivity index (χ0) is 18.9. The van der Waals surface area contributed by atoms with Gasteiger partial charge in [-0.2, -0.15) is 4.90 Å². The molecule has 0 heterocycles. The molecule has 0 aliphatic heterocycles. The molecule has 26 heavy (non-hydrogen) atoms. The van der Waals surface area contributed by atoms with Crippen molar-refractivity contribution < 1.29 is 19.1 Å². The van der Waals surface area contributed by atoms with Crippen LogP contribution in [0.1, 0.15) is 6.92 Å². The molecule has 0 bridgehead atoms. The summed E-state index contributed by atoms with van der Waals surface area (Å²) in [5.74, 6) is -0.721. The maximum atomic E-state index is 12.8. The summed E-state index contributed by atoms with van der Waals surface area (Å²) in [6, 6.07) is 18.8. The van der Waals surface area contributed by atoms with E-state index < -0.39 is 12.0 Å². The lowest BCUT2D eigenvalue weighted by atomic mass is 10.4. The summed E-state index contributed by atoms with van der Waals surface area (Å²) in [7, 11) is 1.12. The van der Waals surface area contributed by atoms with Gasteiger partial charge in [0, 0.05) is 14.7 Å². The number of imide groups is 3. The summed E-state index contributed by atoms with van der Waals surface area (Å²) in [6.07, 6.45) is -0.853. The van der Waals surface area contributed by atoms with Gasteiger partial charge in [0.2, 0.25) is 6.41 Å². The zero-order valence-corrected chi connectivity index (χ0v) is 15.9. The maximum Gasteiger partial charge on any atom is 0.423 e. The lowest BCUT2D eigenvalue weighted by Gasteiger charge is -2.16. The van der Waals surface area contributed by atoms with Crippen LogP contribution in [0.25, 0.3) is 0 Å². The summed E-state index contributed by atoms with van der Waals surface area (Å²) in [4.78, 5) is 38.9. The normalized spacial score (nSPS) is 11.3. The van der Waals surface area contributed by atoms with Gasteiger partial charge in [-0.3, -0.25) is 9.59 Å². The van der Waals surface area contributed by atoms with Crippen LogP contribution < -0.4 is 0 Å². The van der Waals surface area contributed by atoms with E-state index in [0.29, 0.717) is 9.81 Å². The molecule has 0 saturated carbocycles. The molecule has 7 heteroatoms. The highest BCUT2D eigenvalue weighted by atomic mass is 32.2. The predicted molar refractivity (Wildman–Crippen MR) is 103 cm³/mol. The van der Waals surface area contributed by atoms with Gasteiger partial charge in [0.15, 0.2) is 0 Å². The number of methoxy groups -OCH3 is 1. The van der Waals surface area contributed by atoms with Gasteiger partial charge in [-0.1, -0.05) is 59.9 Å². The zero-order valence-electron chi connectivity index (χ0n) is 14.2. The van der Waals surface area contributed by atoms with E-state index >= 15 is 0 Å². The molecular weight excluding hydrogens is 370 g/mol. The number of amides is 3. The van der Waals surface area contributed by atoms with Crippen molar-refractivity contribution >= 4 is 41.9 Å². The average molecular weight is 387 g/mol. The SMILES string of the molecule is COC(=O)N(C=O)C(=O)/C(Sc1ccccc1)=C(\C)Sc1ccccc1. The summed E-state index contributed by atoms with van der Waals surface area (Å²) in [5, 5.41) is 0. The van der Waals surface area contributed by atoms with Crippen LogP contribution in [-0.2, 0) is 14.3 Å². The molecule has 0 atom stereocenters. The van der Waals surface area contributed by atoms with Gasteiger partial charge in [0.05, 0.1) is 12.0 Å². The molecule has 3 amide bonds. The van der Waals surface area contributed by atoms with E-state index in [-0.39, 0.29) is 11.3 Å². The molecule has 0 aliphatic rings. The summed E-state index contributed by atoms with van der Waals surface area (Å²) < 4.78 is 4.52. The van der Waals surface area contributed by atoms with Gasteiger partial charge < -0.3 is 4.74 Å². The second-order valence-corrected chi connectivity index (χ2v) is 7.34. The Balaban J connectivity index is 2.40. The van der Waals surface area contributed by atoms with Crippen LogP contribution in [0.2, 0.25) is 0 Å². The summed E-state index contributed by atoms with van der Waals surface area (Å²) in [5.41, 5.74) is 0. The fourth-order valence-electron chi connectivity index (χ4n) is 1.97. The molecule has 2 aromatic rings. The Morgan fingerprint density at radius 1 is 0.923 bits per heavy atom. The van der Waals surface area contributed by atoms with E-state index in [4.69, 9.17) is 0 Å². The van der Waals surface area contributed by atoms with E-state index in [1.807, 2.05) is 60.7 Å². The van der Waals surface area contributed by atoms with Crippen molar-refractivity contribution in [3.63, 3.8) is 0 Å². The van der Waals surface area contributed by atoms with Gasteiger partial charge in [0.1, 0.15) is 0 Å². The molecule has 0 N–H and O–H groups in total. The molecule has 134 valence electrons. The van der Waals surface area contributed by atoms with E-state index in [2.05, 4.69) is 4.74 Å². The predicted octanol–water partition coefficient (Wildman–Crippen LogP) is 4.55. The minimum absolute atomic E-state index is 0.167. The van der Waals surface area contributed by atoms with Crippen LogP contribution >= 0.6 is 23.5 Å². The average Bonchev–Trinajstić information content (AvgIpc) is 2.67. The fraction of sp³-hybridized carbons (Fsp3) is 0.105. The molecule has 0 spiro atoms. The molecule has 0 aliphatic carbocycles. The molecular formula is C19H17NO4S2. The van der Waals surface area contributed by atoms with Gasteiger partial charge >= 0.3 is 6.09 Å². The van der Waals surface area contributed by atoms with Crippen molar-refractivity contribution in [2.45, 2.75) is 16.7 Å². The number of nitrogens with zero attached hydrogens (tertiary/aromatic N) is 1. The lowest BCUT2D eigenvalue weighted by Crippen LogP contribution is -2.36. The van der Waals surface area contributed by atoms with Crippen molar-refractivity contribution in [1.82, 2.24) is 4.90 Å². The molecule has 0 saturated heterocycles. The molecule has 0 aromatic heterocycles. The van der Waals surface area contributed by atoms with Gasteiger partial charge in [0.25, 0.3) is 5.91 Å². The van der Waals surface area contributed by atoms with E-state index in [0.717, 1.165) is 16.9 Å². The van der Waals surface area contributed by atoms with Crippen molar-refractivity contribution in [1.29, 1.82) is 0 Å². The van der Waals surface area contributed by atoms with Crippen molar-refractivity contribution in [3.05, 3.63) is 70.5 Å². The highest BCUT2D eigenvalue weighted by molar-refractivity contribution is 8.07. The minimum atomic E-state index is -1.02. The quantitative estimate of drug-likeness (QED) is 0.411. The number of thioether (sulfide) groups is 2. The third-order valence-corrected chi connectivity index (χ3v) is 5.53. The molecule has 0 unspecified atom stereocenters. The van der Waals surface area contributed by atoms with Gasteiger partial charge in [-0.15, -0.1) is 0 Å². The molecule has 2 rings (SSSR count). The highest BCUT2D eigenvalue weighted by Crippen LogP contribution is 2.37. The van der Waals surface area contributed by atoms with Crippen molar-refractivity contribution in [3.8, 4) is 0 Å².